The monoisotopic (exact) mass is 254 g/mol. The Morgan fingerprint density at radius 2 is 2.28 bits per heavy atom. The average molecular weight is 254 g/mol. The van der Waals surface area contributed by atoms with E-state index in [0.717, 1.165) is 6.08 Å². The summed E-state index contributed by atoms with van der Waals surface area (Å²) in [4.78, 5) is 10.3. The van der Waals surface area contributed by atoms with E-state index < -0.39 is 11.8 Å². The summed E-state index contributed by atoms with van der Waals surface area (Å²) in [7, 11) is 1.55. The molecule has 0 fully saturated rings. The molecular formula is C13H15FO4. The molecule has 5 heteroatoms. The number of carboxylic acids is 1. The van der Waals surface area contributed by atoms with Crippen LogP contribution in [0.25, 0.3) is 6.08 Å². The van der Waals surface area contributed by atoms with Crippen LogP contribution < -0.4 is 4.74 Å². The van der Waals surface area contributed by atoms with Gasteiger partial charge in [0.15, 0.2) is 11.6 Å². The van der Waals surface area contributed by atoms with E-state index in [1.807, 2.05) is 6.92 Å². The molecular weight excluding hydrogens is 239 g/mol. The third kappa shape index (κ3) is 4.55. The van der Waals surface area contributed by atoms with Crippen LogP contribution in [0.5, 0.6) is 5.75 Å². The van der Waals surface area contributed by atoms with Gasteiger partial charge in [0.1, 0.15) is 6.61 Å². The topological polar surface area (TPSA) is 55.8 Å². The smallest absolute Gasteiger partial charge is 0.328 e. The van der Waals surface area contributed by atoms with E-state index in [4.69, 9.17) is 14.6 Å². The van der Waals surface area contributed by atoms with E-state index >= 15 is 0 Å². The van der Waals surface area contributed by atoms with Crippen molar-refractivity contribution in [2.75, 3.05) is 13.7 Å². The van der Waals surface area contributed by atoms with Crippen molar-refractivity contribution >= 4 is 12.0 Å². The van der Waals surface area contributed by atoms with Crippen LogP contribution in [-0.4, -0.2) is 30.9 Å². The largest absolute Gasteiger partial charge is 0.488 e. The predicted molar refractivity (Wildman–Crippen MR) is 65.0 cm³/mol. The van der Waals surface area contributed by atoms with E-state index in [9.17, 15) is 9.18 Å². The highest BCUT2D eigenvalue weighted by atomic mass is 19.1. The molecule has 1 rings (SSSR count). The van der Waals surface area contributed by atoms with E-state index in [0.29, 0.717) is 5.56 Å². The lowest BCUT2D eigenvalue weighted by atomic mass is 10.2. The molecule has 18 heavy (non-hydrogen) atoms. The van der Waals surface area contributed by atoms with Crippen LogP contribution in [0.4, 0.5) is 4.39 Å². The number of aliphatic carboxylic acids is 1. The molecule has 1 aromatic rings. The van der Waals surface area contributed by atoms with Gasteiger partial charge >= 0.3 is 5.97 Å². The quantitative estimate of drug-likeness (QED) is 0.792. The summed E-state index contributed by atoms with van der Waals surface area (Å²) in [6.07, 6.45) is 2.13. The Labute approximate surface area is 105 Å². The first-order valence-corrected chi connectivity index (χ1v) is 5.39. The van der Waals surface area contributed by atoms with Gasteiger partial charge in [0.2, 0.25) is 0 Å². The Kier molecular flexibility index (Phi) is 5.32. The van der Waals surface area contributed by atoms with Crippen molar-refractivity contribution in [3.05, 3.63) is 35.7 Å². The van der Waals surface area contributed by atoms with Crippen molar-refractivity contribution in [2.45, 2.75) is 13.0 Å². The zero-order valence-corrected chi connectivity index (χ0v) is 10.2. The highest BCUT2D eigenvalue weighted by Gasteiger charge is 2.06. The average Bonchev–Trinajstić information content (AvgIpc) is 2.34. The van der Waals surface area contributed by atoms with Gasteiger partial charge in [-0.15, -0.1) is 0 Å². The van der Waals surface area contributed by atoms with Crippen LogP contribution in [-0.2, 0) is 9.53 Å². The molecule has 0 saturated carbocycles. The van der Waals surface area contributed by atoms with Crippen LogP contribution in [0.1, 0.15) is 12.5 Å². The molecule has 0 bridgehead atoms. The van der Waals surface area contributed by atoms with Crippen LogP contribution >= 0.6 is 0 Å². The summed E-state index contributed by atoms with van der Waals surface area (Å²) in [6, 6.07) is 4.25. The first-order chi connectivity index (χ1) is 8.52. The zero-order valence-electron chi connectivity index (χ0n) is 10.2. The first-order valence-electron chi connectivity index (χ1n) is 5.39. The molecule has 0 radical (unpaired) electrons. The highest BCUT2D eigenvalue weighted by Crippen LogP contribution is 2.19. The molecule has 0 aromatic heterocycles. The molecule has 1 atom stereocenters. The molecule has 0 amide bonds. The van der Waals surface area contributed by atoms with Crippen molar-refractivity contribution in [3.8, 4) is 5.75 Å². The van der Waals surface area contributed by atoms with Crippen molar-refractivity contribution in [3.63, 3.8) is 0 Å². The molecule has 0 aliphatic carbocycles. The SMILES string of the molecule is COC(C)COc1ccc(/C=C/C(=O)O)cc1F. The van der Waals surface area contributed by atoms with Crippen molar-refractivity contribution < 1.29 is 23.8 Å². The van der Waals surface area contributed by atoms with Crippen LogP contribution in [0.3, 0.4) is 0 Å². The van der Waals surface area contributed by atoms with Crippen LogP contribution in [0, 0.1) is 5.82 Å². The normalized spacial score (nSPS) is 12.6. The number of halogens is 1. The number of carbonyl (C=O) groups is 1. The molecule has 1 N–H and O–H groups in total. The summed E-state index contributed by atoms with van der Waals surface area (Å²) in [5.41, 5.74) is 0.460. The lowest BCUT2D eigenvalue weighted by Gasteiger charge is -2.12. The second-order valence-electron chi connectivity index (χ2n) is 3.72. The Morgan fingerprint density at radius 3 is 2.83 bits per heavy atom. The van der Waals surface area contributed by atoms with E-state index in [-0.39, 0.29) is 18.5 Å². The molecule has 4 nitrogen and oxygen atoms in total. The highest BCUT2D eigenvalue weighted by molar-refractivity contribution is 5.85. The summed E-state index contributed by atoms with van der Waals surface area (Å²) in [5, 5.41) is 8.45. The Bertz CT molecular complexity index is 443. The number of methoxy groups -OCH3 is 1. The van der Waals surface area contributed by atoms with Crippen LogP contribution in [0.15, 0.2) is 24.3 Å². The van der Waals surface area contributed by atoms with Gasteiger partial charge in [-0.1, -0.05) is 6.07 Å². The maximum atomic E-state index is 13.6. The minimum Gasteiger partial charge on any atom is -0.488 e. The second-order valence-corrected chi connectivity index (χ2v) is 3.72. The van der Waals surface area contributed by atoms with Gasteiger partial charge in [0.05, 0.1) is 6.10 Å². The summed E-state index contributed by atoms with van der Waals surface area (Å²) < 4.78 is 23.8. The fraction of sp³-hybridized carbons (Fsp3) is 0.308. The summed E-state index contributed by atoms with van der Waals surface area (Å²) in [6.45, 7) is 2.06. The van der Waals surface area contributed by atoms with Gasteiger partial charge in [-0.05, 0) is 30.7 Å². The maximum absolute atomic E-state index is 13.6. The second kappa shape index (κ2) is 6.76. The molecule has 1 aromatic carbocycles. The number of benzene rings is 1. The lowest BCUT2D eigenvalue weighted by Crippen LogP contribution is -2.16. The number of hydrogen-bond acceptors (Lipinski definition) is 3. The van der Waals surface area contributed by atoms with Crippen molar-refractivity contribution in [2.24, 2.45) is 0 Å². The van der Waals surface area contributed by atoms with Crippen LogP contribution in [0.2, 0.25) is 0 Å². The minimum atomic E-state index is -1.08. The van der Waals surface area contributed by atoms with E-state index in [1.54, 1.807) is 13.2 Å². The molecule has 98 valence electrons. The molecule has 0 aliphatic heterocycles. The van der Waals surface area contributed by atoms with Gasteiger partial charge in [-0.25, -0.2) is 9.18 Å². The fourth-order valence-electron chi connectivity index (χ4n) is 1.18. The van der Waals surface area contributed by atoms with Gasteiger partial charge < -0.3 is 14.6 Å². The van der Waals surface area contributed by atoms with E-state index in [2.05, 4.69) is 0 Å². The molecule has 0 spiro atoms. The molecule has 1 unspecified atom stereocenters. The van der Waals surface area contributed by atoms with Crippen molar-refractivity contribution in [1.82, 2.24) is 0 Å². The fourth-order valence-corrected chi connectivity index (χ4v) is 1.18. The molecule has 0 saturated heterocycles. The molecule has 0 aliphatic rings. The van der Waals surface area contributed by atoms with Crippen molar-refractivity contribution in [1.29, 1.82) is 0 Å². The number of carboxylic acid groups (broad SMARTS) is 1. The standard InChI is InChI=1S/C13H15FO4/c1-9(17-2)8-18-12-5-3-10(7-11(12)14)4-6-13(15)16/h3-7,9H,8H2,1-2H3,(H,15,16)/b6-4+. The first kappa shape index (κ1) is 14.2. The predicted octanol–water partition coefficient (Wildman–Crippen LogP) is 2.34. The van der Waals surface area contributed by atoms with Gasteiger partial charge in [0.25, 0.3) is 0 Å². The Morgan fingerprint density at radius 1 is 1.56 bits per heavy atom. The molecule has 0 heterocycles. The maximum Gasteiger partial charge on any atom is 0.328 e. The summed E-state index contributed by atoms with van der Waals surface area (Å²) >= 11 is 0. The Balaban J connectivity index is 2.70. The van der Waals surface area contributed by atoms with Gasteiger partial charge in [-0.2, -0.15) is 0 Å². The minimum absolute atomic E-state index is 0.117. The number of hydrogen-bond donors (Lipinski definition) is 1. The zero-order chi connectivity index (χ0) is 13.5. The number of rotatable bonds is 6. The van der Waals surface area contributed by atoms with E-state index in [1.165, 1.54) is 18.2 Å². The summed E-state index contributed by atoms with van der Waals surface area (Å²) in [5.74, 6) is -1.50. The third-order valence-electron chi connectivity index (χ3n) is 2.25. The van der Waals surface area contributed by atoms with Gasteiger partial charge in [0, 0.05) is 13.2 Å². The number of ether oxygens (including phenoxy) is 2. The Hall–Kier alpha value is -1.88. The third-order valence-corrected chi connectivity index (χ3v) is 2.25. The van der Waals surface area contributed by atoms with Gasteiger partial charge in [-0.3, -0.25) is 0 Å². The lowest BCUT2D eigenvalue weighted by molar-refractivity contribution is -0.131.